The van der Waals surface area contributed by atoms with E-state index in [1.807, 2.05) is 6.07 Å². The fourth-order valence-corrected chi connectivity index (χ4v) is 7.48. The lowest BCUT2D eigenvalue weighted by atomic mass is 9.99. The van der Waals surface area contributed by atoms with Crippen LogP contribution in [0.2, 0.25) is 0 Å². The van der Waals surface area contributed by atoms with Gasteiger partial charge in [-0.1, -0.05) is 121 Å². The van der Waals surface area contributed by atoms with Gasteiger partial charge in [0.15, 0.2) is 5.58 Å². The second-order valence-electron chi connectivity index (χ2n) is 11.7. The lowest BCUT2D eigenvalue weighted by Gasteiger charge is -2.15. The maximum Gasteiger partial charge on any atom is 0.159 e. The summed E-state index contributed by atoms with van der Waals surface area (Å²) in [5.74, 6) is 0. The van der Waals surface area contributed by atoms with Crippen molar-refractivity contribution in [3.63, 3.8) is 0 Å². The highest BCUT2D eigenvalue weighted by molar-refractivity contribution is 6.19. The minimum atomic E-state index is 0.896. The molecule has 3 aromatic heterocycles. The second-order valence-corrected chi connectivity index (χ2v) is 11.7. The fraction of sp³-hybridized carbons (Fsp3) is 0. The first-order valence-electron chi connectivity index (χ1n) is 15.4. The number of nitrogens with zero attached hydrogens (tertiary/aromatic N) is 2. The van der Waals surface area contributed by atoms with E-state index in [9.17, 15) is 0 Å². The number of para-hydroxylation sites is 7. The van der Waals surface area contributed by atoms with Crippen molar-refractivity contribution in [2.45, 2.75) is 0 Å². The van der Waals surface area contributed by atoms with E-state index in [2.05, 4.69) is 161 Å². The minimum absolute atomic E-state index is 0.896. The van der Waals surface area contributed by atoms with Crippen LogP contribution in [0.15, 0.2) is 162 Å². The number of aromatic nitrogens is 2. The van der Waals surface area contributed by atoms with Crippen molar-refractivity contribution in [2.24, 2.45) is 0 Å². The summed E-state index contributed by atoms with van der Waals surface area (Å²) >= 11 is 0. The quantitative estimate of drug-likeness (QED) is 0.206. The molecule has 0 amide bonds. The van der Waals surface area contributed by atoms with Gasteiger partial charge in [0.2, 0.25) is 0 Å². The van der Waals surface area contributed by atoms with Crippen molar-refractivity contribution in [1.29, 1.82) is 0 Å². The predicted molar refractivity (Wildman–Crippen MR) is 188 cm³/mol. The molecule has 10 aromatic rings. The molecule has 0 unspecified atom stereocenters. The van der Waals surface area contributed by atoms with E-state index in [0.717, 1.165) is 38.8 Å². The van der Waals surface area contributed by atoms with Gasteiger partial charge in [0.25, 0.3) is 0 Å². The van der Waals surface area contributed by atoms with Crippen LogP contribution in [0.4, 0.5) is 0 Å². The molecule has 3 heteroatoms. The summed E-state index contributed by atoms with van der Waals surface area (Å²) in [6.45, 7) is 0. The summed E-state index contributed by atoms with van der Waals surface area (Å²) in [6.07, 6.45) is 0. The van der Waals surface area contributed by atoms with Crippen LogP contribution in [0.25, 0.3) is 88.1 Å². The third-order valence-electron chi connectivity index (χ3n) is 9.32. The Bertz CT molecular complexity index is 2760. The molecular formula is C42H26N2O. The van der Waals surface area contributed by atoms with E-state index in [1.54, 1.807) is 0 Å². The van der Waals surface area contributed by atoms with Crippen molar-refractivity contribution >= 4 is 65.6 Å². The Morgan fingerprint density at radius 1 is 0.356 bits per heavy atom. The normalized spacial score (nSPS) is 12.0. The van der Waals surface area contributed by atoms with Gasteiger partial charge in [0.1, 0.15) is 5.58 Å². The second kappa shape index (κ2) is 9.22. The summed E-state index contributed by atoms with van der Waals surface area (Å²) in [5, 5.41) is 7.18. The summed E-state index contributed by atoms with van der Waals surface area (Å²) in [4.78, 5) is 0. The van der Waals surface area contributed by atoms with Gasteiger partial charge in [-0.05, 0) is 36.4 Å². The minimum Gasteiger partial charge on any atom is -0.454 e. The van der Waals surface area contributed by atoms with Crippen LogP contribution < -0.4 is 0 Å². The third kappa shape index (κ3) is 3.35. The van der Waals surface area contributed by atoms with E-state index in [-0.39, 0.29) is 0 Å². The van der Waals surface area contributed by atoms with Gasteiger partial charge in [0, 0.05) is 49.1 Å². The van der Waals surface area contributed by atoms with Crippen LogP contribution in [-0.2, 0) is 0 Å². The Kier molecular flexibility index (Phi) is 5.00. The zero-order valence-corrected chi connectivity index (χ0v) is 24.3. The summed E-state index contributed by atoms with van der Waals surface area (Å²) < 4.78 is 11.5. The average molecular weight is 575 g/mol. The average Bonchev–Trinajstić information content (AvgIpc) is 3.77. The van der Waals surface area contributed by atoms with Crippen molar-refractivity contribution in [1.82, 2.24) is 9.13 Å². The topological polar surface area (TPSA) is 23.0 Å². The molecule has 0 saturated heterocycles. The Morgan fingerprint density at radius 3 is 1.58 bits per heavy atom. The third-order valence-corrected chi connectivity index (χ3v) is 9.32. The van der Waals surface area contributed by atoms with Gasteiger partial charge in [-0.15, -0.1) is 0 Å². The van der Waals surface area contributed by atoms with E-state index < -0.39 is 0 Å². The zero-order chi connectivity index (χ0) is 29.5. The number of benzene rings is 7. The number of fused-ring (bicyclic) bond motifs is 9. The molecule has 210 valence electrons. The van der Waals surface area contributed by atoms with Crippen molar-refractivity contribution in [3.8, 4) is 22.5 Å². The maximum absolute atomic E-state index is 6.61. The molecule has 0 aliphatic heterocycles. The van der Waals surface area contributed by atoms with Crippen molar-refractivity contribution in [2.75, 3.05) is 0 Å². The van der Waals surface area contributed by atoms with Crippen LogP contribution >= 0.6 is 0 Å². The standard InChI is InChI=1S/C42H26N2O/c1-2-13-27(14-3-1)43-36-23-7-4-15-28(36)31-18-10-20-33(40(31)43)34-21-11-19-32-29-16-5-8-24-37(29)44(41(32)34)38-25-12-22-35-30-17-6-9-26-39(30)45-42(35)38/h1-26H. The Hall–Kier alpha value is -6.06. The van der Waals surface area contributed by atoms with Gasteiger partial charge in [-0.2, -0.15) is 0 Å². The van der Waals surface area contributed by atoms with Gasteiger partial charge >= 0.3 is 0 Å². The highest BCUT2D eigenvalue weighted by Gasteiger charge is 2.22. The monoisotopic (exact) mass is 574 g/mol. The van der Waals surface area contributed by atoms with Crippen LogP contribution in [0.3, 0.4) is 0 Å². The van der Waals surface area contributed by atoms with Crippen LogP contribution in [0.5, 0.6) is 0 Å². The molecule has 10 rings (SSSR count). The van der Waals surface area contributed by atoms with E-state index >= 15 is 0 Å². The number of hydrogen-bond acceptors (Lipinski definition) is 1. The van der Waals surface area contributed by atoms with E-state index in [4.69, 9.17) is 4.42 Å². The van der Waals surface area contributed by atoms with Gasteiger partial charge in [-0.3, -0.25) is 0 Å². The van der Waals surface area contributed by atoms with Crippen molar-refractivity contribution < 1.29 is 4.42 Å². The molecule has 0 N–H and O–H groups in total. The fourth-order valence-electron chi connectivity index (χ4n) is 7.48. The summed E-state index contributed by atoms with van der Waals surface area (Å²) in [5.41, 5.74) is 11.1. The Labute approximate surface area is 258 Å². The molecule has 0 aliphatic carbocycles. The van der Waals surface area contributed by atoms with E-state index in [0.29, 0.717) is 0 Å². The lowest BCUT2D eigenvalue weighted by Crippen LogP contribution is -1.98. The van der Waals surface area contributed by atoms with Gasteiger partial charge in [0.05, 0.1) is 27.8 Å². The molecular weight excluding hydrogens is 548 g/mol. The molecule has 0 fully saturated rings. The molecule has 7 aromatic carbocycles. The lowest BCUT2D eigenvalue weighted by molar-refractivity contribution is 0.666. The number of hydrogen-bond donors (Lipinski definition) is 0. The SMILES string of the molecule is c1ccc(-n2c3ccccc3c3cccc(-c4cccc5c6ccccc6n(-c6cccc7c6oc6ccccc67)c45)c32)cc1. The first kappa shape index (κ1) is 24.4. The van der Waals surface area contributed by atoms with Gasteiger partial charge < -0.3 is 13.6 Å². The highest BCUT2D eigenvalue weighted by atomic mass is 16.3. The van der Waals surface area contributed by atoms with E-state index in [1.165, 1.54) is 49.2 Å². The first-order valence-corrected chi connectivity index (χ1v) is 15.4. The summed E-state index contributed by atoms with van der Waals surface area (Å²) in [7, 11) is 0. The maximum atomic E-state index is 6.61. The van der Waals surface area contributed by atoms with Crippen LogP contribution in [0, 0.1) is 0 Å². The smallest absolute Gasteiger partial charge is 0.159 e. The number of furan rings is 1. The zero-order valence-electron chi connectivity index (χ0n) is 24.3. The number of rotatable bonds is 3. The van der Waals surface area contributed by atoms with Crippen LogP contribution in [0.1, 0.15) is 0 Å². The molecule has 0 atom stereocenters. The highest BCUT2D eigenvalue weighted by Crippen LogP contribution is 2.44. The molecule has 3 nitrogen and oxygen atoms in total. The first-order chi connectivity index (χ1) is 22.4. The Morgan fingerprint density at radius 2 is 0.867 bits per heavy atom. The molecule has 45 heavy (non-hydrogen) atoms. The molecule has 0 bridgehead atoms. The summed E-state index contributed by atoms with van der Waals surface area (Å²) in [6, 6.07) is 56.4. The predicted octanol–water partition coefficient (Wildman–Crippen LogP) is 11.4. The van der Waals surface area contributed by atoms with Gasteiger partial charge in [-0.25, -0.2) is 0 Å². The molecule has 3 heterocycles. The Balaban J connectivity index is 1.39. The van der Waals surface area contributed by atoms with Crippen molar-refractivity contribution in [3.05, 3.63) is 158 Å². The molecule has 0 saturated carbocycles. The van der Waals surface area contributed by atoms with Crippen LogP contribution in [-0.4, -0.2) is 9.13 Å². The molecule has 0 spiro atoms. The molecule has 0 aliphatic rings. The molecule has 0 radical (unpaired) electrons. The largest absolute Gasteiger partial charge is 0.454 e.